The van der Waals surface area contributed by atoms with Crippen LogP contribution < -0.4 is 11.1 Å². The zero-order valence-corrected chi connectivity index (χ0v) is 10.7. The van der Waals surface area contributed by atoms with Crippen LogP contribution >= 0.6 is 0 Å². The van der Waals surface area contributed by atoms with Crippen molar-refractivity contribution in [2.45, 2.75) is 45.1 Å². The third kappa shape index (κ3) is 3.19. The highest BCUT2D eigenvalue weighted by molar-refractivity contribution is 5.40. The van der Waals surface area contributed by atoms with Crippen molar-refractivity contribution >= 4 is 5.82 Å². The highest BCUT2D eigenvalue weighted by Gasteiger charge is 2.23. The molecule has 1 atom stereocenters. The number of pyridine rings is 1. The molecule has 2 rings (SSSR count). The predicted molar refractivity (Wildman–Crippen MR) is 71.6 cm³/mol. The molecule has 94 valence electrons. The van der Waals surface area contributed by atoms with Crippen LogP contribution in [0.4, 0.5) is 5.82 Å². The first-order valence-electron chi connectivity index (χ1n) is 6.75. The summed E-state index contributed by atoms with van der Waals surface area (Å²) >= 11 is 0. The van der Waals surface area contributed by atoms with E-state index in [4.69, 9.17) is 5.73 Å². The van der Waals surface area contributed by atoms with Crippen molar-refractivity contribution < 1.29 is 0 Å². The summed E-state index contributed by atoms with van der Waals surface area (Å²) in [6.07, 6.45) is 8.28. The molecule has 0 radical (unpaired) electrons. The van der Waals surface area contributed by atoms with E-state index in [2.05, 4.69) is 23.3 Å². The van der Waals surface area contributed by atoms with E-state index in [0.717, 1.165) is 18.9 Å². The first-order chi connectivity index (χ1) is 8.31. The number of nitrogens with zero attached hydrogens (tertiary/aromatic N) is 1. The number of aromatic nitrogens is 1. The first kappa shape index (κ1) is 12.4. The minimum absolute atomic E-state index is 0.383. The number of nitrogens with one attached hydrogen (secondary N) is 1. The van der Waals surface area contributed by atoms with Gasteiger partial charge in [0.1, 0.15) is 5.82 Å². The Morgan fingerprint density at radius 3 is 2.94 bits per heavy atom. The van der Waals surface area contributed by atoms with Gasteiger partial charge < -0.3 is 11.1 Å². The van der Waals surface area contributed by atoms with E-state index in [1.807, 2.05) is 6.07 Å². The molecule has 0 aliphatic heterocycles. The molecule has 3 N–H and O–H groups in total. The van der Waals surface area contributed by atoms with Gasteiger partial charge in [0, 0.05) is 17.8 Å². The van der Waals surface area contributed by atoms with E-state index >= 15 is 0 Å². The van der Waals surface area contributed by atoms with Gasteiger partial charge in [0.15, 0.2) is 0 Å². The summed E-state index contributed by atoms with van der Waals surface area (Å²) in [6.45, 7) is 3.24. The smallest absolute Gasteiger partial charge is 0.128 e. The van der Waals surface area contributed by atoms with Crippen LogP contribution in [-0.4, -0.2) is 11.5 Å². The molecule has 0 saturated heterocycles. The van der Waals surface area contributed by atoms with Crippen LogP contribution in [0.5, 0.6) is 0 Å². The Labute approximate surface area is 104 Å². The second-order valence-corrected chi connectivity index (χ2v) is 5.02. The molecule has 1 heterocycles. The number of nitrogen functional groups attached to an aromatic ring is 1. The Morgan fingerprint density at radius 2 is 2.35 bits per heavy atom. The maximum absolute atomic E-state index is 5.98. The van der Waals surface area contributed by atoms with Gasteiger partial charge >= 0.3 is 0 Å². The van der Waals surface area contributed by atoms with Crippen molar-refractivity contribution in [3.05, 3.63) is 23.9 Å². The average Bonchev–Trinajstić information content (AvgIpc) is 2.28. The molecule has 3 heteroatoms. The van der Waals surface area contributed by atoms with Gasteiger partial charge in [-0.05, 0) is 31.4 Å². The summed E-state index contributed by atoms with van der Waals surface area (Å²) in [5.74, 6) is 1.56. The maximum atomic E-state index is 5.98. The second kappa shape index (κ2) is 6.01. The van der Waals surface area contributed by atoms with Gasteiger partial charge in [0.2, 0.25) is 0 Å². The molecule has 17 heavy (non-hydrogen) atoms. The van der Waals surface area contributed by atoms with Crippen LogP contribution in [0.1, 0.15) is 50.6 Å². The van der Waals surface area contributed by atoms with Crippen molar-refractivity contribution in [3.63, 3.8) is 0 Å². The summed E-state index contributed by atoms with van der Waals surface area (Å²) in [5, 5.41) is 3.61. The van der Waals surface area contributed by atoms with E-state index in [1.165, 1.54) is 31.2 Å². The summed E-state index contributed by atoms with van der Waals surface area (Å²) in [4.78, 5) is 4.20. The minimum atomic E-state index is 0.383. The summed E-state index contributed by atoms with van der Waals surface area (Å²) in [5.41, 5.74) is 7.15. The lowest BCUT2D eigenvalue weighted by Gasteiger charge is -2.30. The number of nitrogens with two attached hydrogens (primary N) is 1. The zero-order chi connectivity index (χ0) is 12.1. The lowest BCUT2D eigenvalue weighted by molar-refractivity contribution is 0.261. The van der Waals surface area contributed by atoms with Crippen LogP contribution in [0, 0.1) is 5.92 Å². The van der Waals surface area contributed by atoms with E-state index in [1.54, 1.807) is 6.20 Å². The Bertz CT molecular complexity index is 347. The summed E-state index contributed by atoms with van der Waals surface area (Å²) in [6, 6.07) is 4.47. The standard InChI is InChI=1S/C14H23N3/c1-2-8-16-13(10-11-5-3-6-11)12-7-4-9-17-14(12)15/h4,7,9,11,13,16H,2-3,5-6,8,10H2,1H3,(H2,15,17). The summed E-state index contributed by atoms with van der Waals surface area (Å²) < 4.78 is 0. The van der Waals surface area contributed by atoms with Gasteiger partial charge in [-0.15, -0.1) is 0 Å². The van der Waals surface area contributed by atoms with Gasteiger partial charge in [-0.25, -0.2) is 4.98 Å². The van der Waals surface area contributed by atoms with Crippen LogP contribution in [0.25, 0.3) is 0 Å². The molecule has 0 aromatic carbocycles. The lowest BCUT2D eigenvalue weighted by Crippen LogP contribution is -2.27. The molecule has 0 amide bonds. The summed E-state index contributed by atoms with van der Waals surface area (Å²) in [7, 11) is 0. The van der Waals surface area contributed by atoms with Gasteiger partial charge in [-0.1, -0.05) is 32.3 Å². The molecule has 1 aromatic rings. The predicted octanol–water partition coefficient (Wildman–Crippen LogP) is 2.89. The highest BCUT2D eigenvalue weighted by Crippen LogP contribution is 2.35. The van der Waals surface area contributed by atoms with Crippen LogP contribution in [-0.2, 0) is 0 Å². The van der Waals surface area contributed by atoms with Crippen molar-refractivity contribution in [2.24, 2.45) is 5.92 Å². The van der Waals surface area contributed by atoms with E-state index in [-0.39, 0.29) is 0 Å². The Kier molecular flexibility index (Phi) is 4.37. The second-order valence-electron chi connectivity index (χ2n) is 5.02. The van der Waals surface area contributed by atoms with Gasteiger partial charge in [-0.3, -0.25) is 0 Å². The van der Waals surface area contributed by atoms with Crippen molar-refractivity contribution in [3.8, 4) is 0 Å². The van der Waals surface area contributed by atoms with E-state index in [9.17, 15) is 0 Å². The topological polar surface area (TPSA) is 50.9 Å². The van der Waals surface area contributed by atoms with Crippen LogP contribution in [0.3, 0.4) is 0 Å². The molecule has 1 saturated carbocycles. The third-order valence-electron chi connectivity index (χ3n) is 3.68. The Morgan fingerprint density at radius 1 is 1.53 bits per heavy atom. The normalized spacial score (nSPS) is 17.7. The first-order valence-corrected chi connectivity index (χ1v) is 6.75. The Balaban J connectivity index is 2.05. The molecular formula is C14H23N3. The molecule has 1 unspecified atom stereocenters. The van der Waals surface area contributed by atoms with Crippen LogP contribution in [0.15, 0.2) is 18.3 Å². The fourth-order valence-electron chi connectivity index (χ4n) is 2.43. The zero-order valence-electron chi connectivity index (χ0n) is 10.7. The SMILES string of the molecule is CCCNC(CC1CCC1)c1cccnc1N. The third-order valence-corrected chi connectivity index (χ3v) is 3.68. The highest BCUT2D eigenvalue weighted by atomic mass is 14.9. The largest absolute Gasteiger partial charge is 0.383 e. The molecule has 1 aliphatic rings. The van der Waals surface area contributed by atoms with Crippen molar-refractivity contribution in [1.29, 1.82) is 0 Å². The monoisotopic (exact) mass is 233 g/mol. The number of hydrogen-bond donors (Lipinski definition) is 2. The van der Waals surface area contributed by atoms with Crippen LogP contribution in [0.2, 0.25) is 0 Å². The number of rotatable bonds is 6. The molecular weight excluding hydrogens is 210 g/mol. The molecule has 3 nitrogen and oxygen atoms in total. The minimum Gasteiger partial charge on any atom is -0.383 e. The van der Waals surface area contributed by atoms with Crippen molar-refractivity contribution in [2.75, 3.05) is 12.3 Å². The molecule has 1 aliphatic carbocycles. The number of hydrogen-bond acceptors (Lipinski definition) is 3. The molecule has 1 aromatic heterocycles. The average molecular weight is 233 g/mol. The van der Waals surface area contributed by atoms with E-state index in [0.29, 0.717) is 11.9 Å². The number of anilines is 1. The molecule has 1 fully saturated rings. The molecule has 0 spiro atoms. The van der Waals surface area contributed by atoms with Gasteiger partial charge in [-0.2, -0.15) is 0 Å². The maximum Gasteiger partial charge on any atom is 0.128 e. The van der Waals surface area contributed by atoms with Gasteiger partial charge in [0.05, 0.1) is 0 Å². The lowest BCUT2D eigenvalue weighted by atomic mass is 9.79. The quantitative estimate of drug-likeness (QED) is 0.794. The fraction of sp³-hybridized carbons (Fsp3) is 0.643. The van der Waals surface area contributed by atoms with Gasteiger partial charge in [0.25, 0.3) is 0 Å². The Hall–Kier alpha value is -1.09. The fourth-order valence-corrected chi connectivity index (χ4v) is 2.43. The van der Waals surface area contributed by atoms with Crippen molar-refractivity contribution in [1.82, 2.24) is 10.3 Å². The van der Waals surface area contributed by atoms with E-state index < -0.39 is 0 Å². The molecule has 0 bridgehead atoms.